The van der Waals surface area contributed by atoms with Crippen molar-refractivity contribution in [1.82, 2.24) is 5.32 Å². The van der Waals surface area contributed by atoms with Gasteiger partial charge in [-0.25, -0.2) is 0 Å². The SMILES string of the molecule is CCOc1ccc(/C=C/C(=O)NC2CCCC2CO)cc1. The maximum Gasteiger partial charge on any atom is 0.244 e. The van der Waals surface area contributed by atoms with Gasteiger partial charge in [0.25, 0.3) is 0 Å². The molecule has 1 aromatic rings. The Morgan fingerprint density at radius 2 is 2.14 bits per heavy atom. The molecule has 1 aliphatic rings. The normalized spacial score (nSPS) is 21.6. The first kappa shape index (κ1) is 15.6. The van der Waals surface area contributed by atoms with Gasteiger partial charge in [-0.1, -0.05) is 18.6 Å². The zero-order valence-electron chi connectivity index (χ0n) is 12.4. The van der Waals surface area contributed by atoms with Gasteiger partial charge in [0.05, 0.1) is 6.61 Å². The van der Waals surface area contributed by atoms with Crippen molar-refractivity contribution in [2.24, 2.45) is 5.92 Å². The number of aliphatic hydroxyl groups excluding tert-OH is 1. The summed E-state index contributed by atoms with van der Waals surface area (Å²) < 4.78 is 5.37. The number of amides is 1. The minimum absolute atomic E-state index is 0.103. The topological polar surface area (TPSA) is 58.6 Å². The number of nitrogens with one attached hydrogen (secondary N) is 1. The van der Waals surface area contributed by atoms with E-state index in [-0.39, 0.29) is 24.5 Å². The molecule has 0 heterocycles. The molecule has 2 N–H and O–H groups in total. The van der Waals surface area contributed by atoms with Crippen LogP contribution in [0.3, 0.4) is 0 Å². The Balaban J connectivity index is 1.86. The van der Waals surface area contributed by atoms with Gasteiger partial charge in [-0.2, -0.15) is 0 Å². The highest BCUT2D eigenvalue weighted by molar-refractivity contribution is 5.91. The van der Waals surface area contributed by atoms with Crippen molar-refractivity contribution in [2.75, 3.05) is 13.2 Å². The minimum atomic E-state index is -0.103. The van der Waals surface area contributed by atoms with Crippen molar-refractivity contribution in [3.63, 3.8) is 0 Å². The number of ether oxygens (including phenoxy) is 1. The number of hydrogen-bond donors (Lipinski definition) is 2. The predicted octanol–water partition coefficient (Wildman–Crippen LogP) is 2.38. The van der Waals surface area contributed by atoms with E-state index in [1.165, 1.54) is 0 Å². The summed E-state index contributed by atoms with van der Waals surface area (Å²) in [5, 5.41) is 12.2. The number of carbonyl (C=O) groups is 1. The van der Waals surface area contributed by atoms with Gasteiger partial charge in [0.15, 0.2) is 0 Å². The standard InChI is InChI=1S/C17H23NO3/c1-2-21-15-9-6-13(7-10-15)8-11-17(20)18-16-5-3-4-14(16)12-19/h6-11,14,16,19H,2-5,12H2,1H3,(H,18,20)/b11-8+. The van der Waals surface area contributed by atoms with E-state index in [4.69, 9.17) is 4.74 Å². The summed E-state index contributed by atoms with van der Waals surface area (Å²) in [7, 11) is 0. The summed E-state index contributed by atoms with van der Waals surface area (Å²) in [5.74, 6) is 0.929. The maximum absolute atomic E-state index is 11.9. The highest BCUT2D eigenvalue weighted by Gasteiger charge is 2.27. The summed E-state index contributed by atoms with van der Waals surface area (Å²) in [6.45, 7) is 2.74. The molecule has 0 aliphatic heterocycles. The molecule has 1 amide bonds. The second kappa shape index (κ2) is 7.84. The molecule has 0 bridgehead atoms. The third-order valence-electron chi connectivity index (χ3n) is 3.84. The molecule has 114 valence electrons. The first-order valence-corrected chi connectivity index (χ1v) is 7.55. The molecule has 21 heavy (non-hydrogen) atoms. The smallest absolute Gasteiger partial charge is 0.244 e. The van der Waals surface area contributed by atoms with Crippen LogP contribution in [0.25, 0.3) is 6.08 Å². The molecule has 1 aliphatic carbocycles. The van der Waals surface area contributed by atoms with Crippen molar-refractivity contribution in [2.45, 2.75) is 32.2 Å². The van der Waals surface area contributed by atoms with Crippen LogP contribution in [0.4, 0.5) is 0 Å². The monoisotopic (exact) mass is 289 g/mol. The van der Waals surface area contributed by atoms with Gasteiger partial charge < -0.3 is 15.2 Å². The van der Waals surface area contributed by atoms with Crippen molar-refractivity contribution in [3.8, 4) is 5.75 Å². The van der Waals surface area contributed by atoms with Crippen LogP contribution in [-0.4, -0.2) is 30.3 Å². The van der Waals surface area contributed by atoms with Crippen LogP contribution in [0.1, 0.15) is 31.7 Å². The molecule has 0 aromatic heterocycles. The summed E-state index contributed by atoms with van der Waals surface area (Å²) in [5.41, 5.74) is 0.957. The summed E-state index contributed by atoms with van der Waals surface area (Å²) in [6.07, 6.45) is 6.34. The Morgan fingerprint density at radius 1 is 1.38 bits per heavy atom. The maximum atomic E-state index is 11.9. The number of rotatable bonds is 6. The first-order valence-electron chi connectivity index (χ1n) is 7.55. The third kappa shape index (κ3) is 4.60. The lowest BCUT2D eigenvalue weighted by atomic mass is 10.1. The Labute approximate surface area is 125 Å². The van der Waals surface area contributed by atoms with Gasteiger partial charge in [-0.15, -0.1) is 0 Å². The van der Waals surface area contributed by atoms with Gasteiger partial charge in [-0.3, -0.25) is 4.79 Å². The van der Waals surface area contributed by atoms with E-state index in [1.807, 2.05) is 31.2 Å². The Kier molecular flexibility index (Phi) is 5.81. The molecule has 1 saturated carbocycles. The van der Waals surface area contributed by atoms with Crippen LogP contribution in [0.2, 0.25) is 0 Å². The summed E-state index contributed by atoms with van der Waals surface area (Å²) >= 11 is 0. The van der Waals surface area contributed by atoms with Crippen LogP contribution >= 0.6 is 0 Å². The Morgan fingerprint density at radius 3 is 2.81 bits per heavy atom. The number of carbonyl (C=O) groups excluding carboxylic acids is 1. The van der Waals surface area contributed by atoms with E-state index in [9.17, 15) is 9.90 Å². The van der Waals surface area contributed by atoms with Crippen molar-refractivity contribution >= 4 is 12.0 Å². The van der Waals surface area contributed by atoms with Crippen LogP contribution in [0.15, 0.2) is 30.3 Å². The molecule has 2 unspecified atom stereocenters. The number of benzene rings is 1. The molecule has 4 heteroatoms. The van der Waals surface area contributed by atoms with E-state index < -0.39 is 0 Å². The van der Waals surface area contributed by atoms with Crippen LogP contribution in [-0.2, 0) is 4.79 Å². The van der Waals surface area contributed by atoms with Crippen LogP contribution in [0, 0.1) is 5.92 Å². The molecule has 2 rings (SSSR count). The molecule has 1 aromatic carbocycles. The molecule has 0 spiro atoms. The molecule has 0 radical (unpaired) electrons. The van der Waals surface area contributed by atoms with Crippen molar-refractivity contribution in [3.05, 3.63) is 35.9 Å². The zero-order chi connectivity index (χ0) is 15.1. The van der Waals surface area contributed by atoms with E-state index in [0.717, 1.165) is 30.6 Å². The molecule has 1 fully saturated rings. The summed E-state index contributed by atoms with van der Waals surface area (Å²) in [6, 6.07) is 7.72. The quantitative estimate of drug-likeness (QED) is 0.791. The number of aliphatic hydroxyl groups is 1. The van der Waals surface area contributed by atoms with E-state index >= 15 is 0 Å². The van der Waals surface area contributed by atoms with Gasteiger partial charge in [0, 0.05) is 24.6 Å². The average molecular weight is 289 g/mol. The van der Waals surface area contributed by atoms with E-state index in [1.54, 1.807) is 12.2 Å². The van der Waals surface area contributed by atoms with Crippen molar-refractivity contribution < 1.29 is 14.6 Å². The summed E-state index contributed by atoms with van der Waals surface area (Å²) in [4.78, 5) is 11.9. The van der Waals surface area contributed by atoms with Gasteiger partial charge in [0.1, 0.15) is 5.75 Å². The minimum Gasteiger partial charge on any atom is -0.494 e. The van der Waals surface area contributed by atoms with Gasteiger partial charge in [0.2, 0.25) is 5.91 Å². The fourth-order valence-electron chi connectivity index (χ4n) is 2.69. The highest BCUT2D eigenvalue weighted by Crippen LogP contribution is 2.25. The Hall–Kier alpha value is -1.81. The number of hydrogen-bond acceptors (Lipinski definition) is 3. The fourth-order valence-corrected chi connectivity index (χ4v) is 2.69. The second-order valence-corrected chi connectivity index (χ2v) is 5.32. The Bertz CT molecular complexity index is 481. The van der Waals surface area contributed by atoms with Gasteiger partial charge in [-0.05, 0) is 43.5 Å². The highest BCUT2D eigenvalue weighted by atomic mass is 16.5. The fraction of sp³-hybridized carbons (Fsp3) is 0.471. The van der Waals surface area contributed by atoms with Gasteiger partial charge >= 0.3 is 0 Å². The second-order valence-electron chi connectivity index (χ2n) is 5.32. The van der Waals surface area contributed by atoms with Crippen molar-refractivity contribution in [1.29, 1.82) is 0 Å². The van der Waals surface area contributed by atoms with E-state index in [0.29, 0.717) is 6.61 Å². The average Bonchev–Trinajstić information content (AvgIpc) is 2.94. The lowest BCUT2D eigenvalue weighted by molar-refractivity contribution is -0.117. The van der Waals surface area contributed by atoms with E-state index in [2.05, 4.69) is 5.32 Å². The van der Waals surface area contributed by atoms with Crippen LogP contribution in [0.5, 0.6) is 5.75 Å². The zero-order valence-corrected chi connectivity index (χ0v) is 12.4. The lowest BCUT2D eigenvalue weighted by Crippen LogP contribution is -2.37. The predicted molar refractivity (Wildman–Crippen MR) is 83.0 cm³/mol. The lowest BCUT2D eigenvalue weighted by Gasteiger charge is -2.17. The molecule has 0 saturated heterocycles. The molecule has 4 nitrogen and oxygen atoms in total. The molecular formula is C17H23NO3. The molecule has 2 atom stereocenters. The first-order chi connectivity index (χ1) is 10.2. The molecular weight excluding hydrogens is 266 g/mol. The largest absolute Gasteiger partial charge is 0.494 e. The third-order valence-corrected chi connectivity index (χ3v) is 3.84. The van der Waals surface area contributed by atoms with Crippen LogP contribution < -0.4 is 10.1 Å².